The summed E-state index contributed by atoms with van der Waals surface area (Å²) in [6, 6.07) is 11.2. The molecule has 0 fully saturated rings. The molecule has 0 bridgehead atoms. The van der Waals surface area contributed by atoms with E-state index in [4.69, 9.17) is 9.15 Å². The molecule has 0 radical (unpaired) electrons. The first-order valence-corrected chi connectivity index (χ1v) is 6.98. The third kappa shape index (κ3) is 2.38. The number of para-hydroxylation sites is 1. The molecule has 0 saturated heterocycles. The van der Waals surface area contributed by atoms with Crippen LogP contribution in [0.15, 0.2) is 52.3 Å². The highest BCUT2D eigenvalue weighted by Gasteiger charge is 2.12. The van der Waals surface area contributed by atoms with E-state index >= 15 is 0 Å². The van der Waals surface area contributed by atoms with Gasteiger partial charge in [0.25, 0.3) is 0 Å². The number of ketones is 1. The fourth-order valence-electron chi connectivity index (χ4n) is 1.94. The summed E-state index contributed by atoms with van der Waals surface area (Å²) in [6.07, 6.45) is 3.31. The van der Waals surface area contributed by atoms with Crippen molar-refractivity contribution >= 4 is 34.2 Å². The molecule has 2 aromatic heterocycles. The molecule has 3 nitrogen and oxygen atoms in total. The van der Waals surface area contributed by atoms with Crippen LogP contribution in [-0.4, -0.2) is 12.9 Å². The number of hydrogen-bond donors (Lipinski definition) is 0. The second-order valence-electron chi connectivity index (χ2n) is 4.20. The highest BCUT2D eigenvalue weighted by molar-refractivity contribution is 7.10. The number of allylic oxidation sites excluding steroid dienone is 1. The molecule has 0 amide bonds. The lowest BCUT2D eigenvalue weighted by atomic mass is 10.2. The van der Waals surface area contributed by atoms with Gasteiger partial charge >= 0.3 is 0 Å². The lowest BCUT2D eigenvalue weighted by Gasteiger charge is -1.98. The SMILES string of the molecule is COc1cccc2cc(C(=O)/C=C/c3cccs3)oc12. The highest BCUT2D eigenvalue weighted by atomic mass is 32.1. The average Bonchev–Trinajstić information content (AvgIpc) is 3.12. The Bertz CT molecular complexity index is 766. The molecule has 2 heterocycles. The van der Waals surface area contributed by atoms with Gasteiger partial charge in [0.05, 0.1) is 7.11 Å². The summed E-state index contributed by atoms with van der Waals surface area (Å²) in [4.78, 5) is 13.1. The number of thiophene rings is 1. The molecule has 100 valence electrons. The van der Waals surface area contributed by atoms with Crippen molar-refractivity contribution in [2.75, 3.05) is 7.11 Å². The molecule has 20 heavy (non-hydrogen) atoms. The first-order valence-electron chi connectivity index (χ1n) is 6.10. The van der Waals surface area contributed by atoms with Crippen molar-refractivity contribution in [2.24, 2.45) is 0 Å². The van der Waals surface area contributed by atoms with Gasteiger partial charge in [0.1, 0.15) is 0 Å². The van der Waals surface area contributed by atoms with Gasteiger partial charge in [-0.15, -0.1) is 11.3 Å². The zero-order valence-electron chi connectivity index (χ0n) is 10.8. The summed E-state index contributed by atoms with van der Waals surface area (Å²) in [5, 5.41) is 2.83. The summed E-state index contributed by atoms with van der Waals surface area (Å²) in [6.45, 7) is 0. The maximum atomic E-state index is 12.1. The lowest BCUT2D eigenvalue weighted by Crippen LogP contribution is -1.89. The number of ether oxygens (including phenoxy) is 1. The Hall–Kier alpha value is -2.33. The van der Waals surface area contributed by atoms with Crippen LogP contribution < -0.4 is 4.74 Å². The molecule has 0 aliphatic heterocycles. The van der Waals surface area contributed by atoms with Crippen LogP contribution in [0.25, 0.3) is 17.0 Å². The van der Waals surface area contributed by atoms with Gasteiger partial charge in [0, 0.05) is 10.3 Å². The van der Waals surface area contributed by atoms with E-state index in [0.29, 0.717) is 17.1 Å². The Morgan fingerprint density at radius 2 is 2.20 bits per heavy atom. The van der Waals surface area contributed by atoms with E-state index < -0.39 is 0 Å². The van der Waals surface area contributed by atoms with Crippen LogP contribution in [0.4, 0.5) is 0 Å². The normalized spacial score (nSPS) is 11.2. The fraction of sp³-hybridized carbons (Fsp3) is 0.0625. The van der Waals surface area contributed by atoms with Crippen molar-refractivity contribution in [2.45, 2.75) is 0 Å². The number of rotatable bonds is 4. The van der Waals surface area contributed by atoms with E-state index in [0.717, 1.165) is 10.3 Å². The molecule has 0 aliphatic carbocycles. The lowest BCUT2D eigenvalue weighted by molar-refractivity contribution is 0.102. The molecule has 3 rings (SSSR count). The minimum atomic E-state index is -0.156. The van der Waals surface area contributed by atoms with Crippen molar-refractivity contribution in [3.05, 3.63) is 58.5 Å². The smallest absolute Gasteiger partial charge is 0.221 e. The van der Waals surface area contributed by atoms with Crippen LogP contribution >= 0.6 is 11.3 Å². The maximum Gasteiger partial charge on any atom is 0.221 e. The number of furan rings is 1. The van der Waals surface area contributed by atoms with Gasteiger partial charge in [-0.25, -0.2) is 0 Å². The number of methoxy groups -OCH3 is 1. The van der Waals surface area contributed by atoms with Crippen LogP contribution in [0.5, 0.6) is 5.75 Å². The molecular formula is C16H12O3S. The summed E-state index contributed by atoms with van der Waals surface area (Å²) < 4.78 is 10.8. The molecule has 3 aromatic rings. The molecule has 0 spiro atoms. The quantitative estimate of drug-likeness (QED) is 0.526. The summed E-state index contributed by atoms with van der Waals surface area (Å²) >= 11 is 1.58. The number of hydrogen-bond acceptors (Lipinski definition) is 4. The Labute approximate surface area is 120 Å². The second kappa shape index (κ2) is 5.35. The summed E-state index contributed by atoms with van der Waals surface area (Å²) in [5.74, 6) is 0.790. The number of fused-ring (bicyclic) bond motifs is 1. The van der Waals surface area contributed by atoms with E-state index in [1.54, 1.807) is 30.6 Å². The van der Waals surface area contributed by atoms with Crippen molar-refractivity contribution in [3.63, 3.8) is 0 Å². The van der Waals surface area contributed by atoms with Crippen LogP contribution in [-0.2, 0) is 0 Å². The van der Waals surface area contributed by atoms with Gasteiger partial charge in [-0.2, -0.15) is 0 Å². The number of carbonyl (C=O) groups excluding carboxylic acids is 1. The Kier molecular flexibility index (Phi) is 3.39. The van der Waals surface area contributed by atoms with Crippen LogP contribution in [0.1, 0.15) is 15.4 Å². The molecule has 1 aromatic carbocycles. The number of benzene rings is 1. The van der Waals surface area contributed by atoms with E-state index in [1.807, 2.05) is 35.7 Å². The number of carbonyl (C=O) groups is 1. The first-order chi connectivity index (χ1) is 9.78. The van der Waals surface area contributed by atoms with Crippen molar-refractivity contribution in [1.82, 2.24) is 0 Å². The third-order valence-corrected chi connectivity index (χ3v) is 3.75. The van der Waals surface area contributed by atoms with Crippen molar-refractivity contribution < 1.29 is 13.9 Å². The van der Waals surface area contributed by atoms with Gasteiger partial charge in [0.2, 0.25) is 5.78 Å². The van der Waals surface area contributed by atoms with Gasteiger partial charge < -0.3 is 9.15 Å². The van der Waals surface area contributed by atoms with Gasteiger partial charge in [0.15, 0.2) is 17.1 Å². The van der Waals surface area contributed by atoms with Crippen LogP contribution in [0, 0.1) is 0 Å². The average molecular weight is 284 g/mol. The monoisotopic (exact) mass is 284 g/mol. The molecule has 0 aliphatic rings. The molecule has 0 saturated carbocycles. The van der Waals surface area contributed by atoms with Gasteiger partial charge in [-0.05, 0) is 35.7 Å². The van der Waals surface area contributed by atoms with Gasteiger partial charge in [-0.3, -0.25) is 4.79 Å². The standard InChI is InChI=1S/C16H12O3S/c1-18-14-6-2-4-11-10-15(19-16(11)14)13(17)8-7-12-5-3-9-20-12/h2-10H,1H3/b8-7+. The summed E-state index contributed by atoms with van der Waals surface area (Å²) in [5.41, 5.74) is 0.600. The Morgan fingerprint density at radius 3 is 2.95 bits per heavy atom. The third-order valence-electron chi connectivity index (χ3n) is 2.91. The minimum absolute atomic E-state index is 0.156. The summed E-state index contributed by atoms with van der Waals surface area (Å²) in [7, 11) is 1.58. The molecule has 0 atom stereocenters. The van der Waals surface area contributed by atoms with Crippen molar-refractivity contribution in [1.29, 1.82) is 0 Å². The van der Waals surface area contributed by atoms with E-state index in [1.165, 1.54) is 6.08 Å². The largest absolute Gasteiger partial charge is 0.493 e. The maximum absolute atomic E-state index is 12.1. The van der Waals surface area contributed by atoms with Crippen LogP contribution in [0.3, 0.4) is 0 Å². The molecular weight excluding hydrogens is 272 g/mol. The zero-order valence-corrected chi connectivity index (χ0v) is 11.6. The zero-order chi connectivity index (χ0) is 13.9. The Morgan fingerprint density at radius 1 is 1.30 bits per heavy atom. The molecule has 0 N–H and O–H groups in total. The van der Waals surface area contributed by atoms with Crippen molar-refractivity contribution in [3.8, 4) is 5.75 Å². The predicted octanol–water partition coefficient (Wildman–Crippen LogP) is 4.40. The van der Waals surface area contributed by atoms with E-state index in [-0.39, 0.29) is 5.78 Å². The highest BCUT2D eigenvalue weighted by Crippen LogP contribution is 2.28. The van der Waals surface area contributed by atoms with Gasteiger partial charge in [-0.1, -0.05) is 18.2 Å². The fourth-order valence-corrected chi connectivity index (χ4v) is 2.56. The Balaban J connectivity index is 1.92. The van der Waals surface area contributed by atoms with E-state index in [9.17, 15) is 4.79 Å². The first kappa shape index (κ1) is 12.7. The second-order valence-corrected chi connectivity index (χ2v) is 5.18. The van der Waals surface area contributed by atoms with E-state index in [2.05, 4.69) is 0 Å². The van der Waals surface area contributed by atoms with Crippen LogP contribution in [0.2, 0.25) is 0 Å². The molecule has 4 heteroatoms. The minimum Gasteiger partial charge on any atom is -0.493 e. The molecule has 0 unspecified atom stereocenters. The predicted molar refractivity (Wildman–Crippen MR) is 80.4 cm³/mol. The topological polar surface area (TPSA) is 39.4 Å².